The largest absolute Gasteiger partial charge is 0.382 e. The van der Waals surface area contributed by atoms with Crippen LogP contribution in [0.25, 0.3) is 4.85 Å². The molecule has 2 aromatic carbocycles. The zero-order valence-electron chi connectivity index (χ0n) is 21.5. The van der Waals surface area contributed by atoms with Gasteiger partial charge >= 0.3 is 0 Å². The second-order valence-electron chi connectivity index (χ2n) is 10.1. The molecule has 9 nitrogen and oxygen atoms in total. The summed E-state index contributed by atoms with van der Waals surface area (Å²) in [5, 5.41) is 17.6. The van der Waals surface area contributed by atoms with Crippen LogP contribution in [0.15, 0.2) is 36.4 Å². The van der Waals surface area contributed by atoms with Crippen molar-refractivity contribution in [3.63, 3.8) is 0 Å². The Kier molecular flexibility index (Phi) is 8.62. The van der Waals surface area contributed by atoms with Crippen molar-refractivity contribution in [1.29, 1.82) is 0 Å². The van der Waals surface area contributed by atoms with Gasteiger partial charge in [-0.3, -0.25) is 14.9 Å². The third-order valence-electron chi connectivity index (χ3n) is 7.41. The highest BCUT2D eigenvalue weighted by Gasteiger charge is 2.25. The summed E-state index contributed by atoms with van der Waals surface area (Å²) in [5.41, 5.74) is 4.49. The van der Waals surface area contributed by atoms with E-state index in [1.165, 1.54) is 0 Å². The molecule has 37 heavy (non-hydrogen) atoms. The Balaban J connectivity index is 1.14. The van der Waals surface area contributed by atoms with Crippen LogP contribution in [0.5, 0.6) is 0 Å². The van der Waals surface area contributed by atoms with Crippen molar-refractivity contribution < 1.29 is 14.5 Å². The quantitative estimate of drug-likeness (QED) is 0.287. The number of ether oxygens (including phenoxy) is 1. The molecule has 0 radical (unpaired) electrons. The second kappa shape index (κ2) is 12.1. The van der Waals surface area contributed by atoms with Crippen LogP contribution in [-0.2, 0) is 9.53 Å². The molecule has 9 heteroatoms. The fourth-order valence-electron chi connectivity index (χ4n) is 5.27. The number of nitrogens with one attached hydrogen (secondary N) is 2. The summed E-state index contributed by atoms with van der Waals surface area (Å²) in [6, 6.07) is 11.5. The van der Waals surface area contributed by atoms with Gasteiger partial charge in [-0.25, -0.2) is 4.85 Å². The van der Waals surface area contributed by atoms with Gasteiger partial charge in [0.05, 0.1) is 17.6 Å². The van der Waals surface area contributed by atoms with Crippen LogP contribution in [0.3, 0.4) is 0 Å². The minimum atomic E-state index is -0.361. The third-order valence-corrected chi connectivity index (χ3v) is 7.41. The van der Waals surface area contributed by atoms with E-state index in [1.807, 2.05) is 25.1 Å². The van der Waals surface area contributed by atoms with Gasteiger partial charge in [-0.2, -0.15) is 0 Å². The highest BCUT2D eigenvalue weighted by Crippen LogP contribution is 2.28. The Morgan fingerprint density at radius 1 is 1.05 bits per heavy atom. The standard InChI is InChI=1S/C28H35N5O4/c1-19-17-24(7-10-26(19)29-3)32-14-12-22(13-15-32)31-28(34)18-37-25-8-4-21(5-9-25)30-23-6-11-27(33(35)36)20(2)16-23/h6-7,10-11,16-17,21-22,25,30H,4-5,8-9,12-15,18H2,1-2H3,(H,31,34). The summed E-state index contributed by atoms with van der Waals surface area (Å²) >= 11 is 0. The Bertz CT molecular complexity index is 1160. The number of nitro benzene ring substituents is 1. The number of aryl methyl sites for hydroxylation is 2. The van der Waals surface area contributed by atoms with E-state index >= 15 is 0 Å². The lowest BCUT2D eigenvalue weighted by Gasteiger charge is -2.34. The molecule has 2 N–H and O–H groups in total. The van der Waals surface area contributed by atoms with Crippen molar-refractivity contribution >= 4 is 28.7 Å². The van der Waals surface area contributed by atoms with Crippen LogP contribution >= 0.6 is 0 Å². The number of carbonyl (C=O) groups is 1. The van der Waals surface area contributed by atoms with E-state index in [9.17, 15) is 14.9 Å². The maximum atomic E-state index is 12.5. The van der Waals surface area contributed by atoms with Gasteiger partial charge in [-0.05, 0) is 82.2 Å². The molecule has 0 spiro atoms. The lowest BCUT2D eigenvalue weighted by atomic mass is 9.92. The van der Waals surface area contributed by atoms with Gasteiger partial charge in [0, 0.05) is 48.2 Å². The van der Waals surface area contributed by atoms with Crippen LogP contribution in [0.4, 0.5) is 22.7 Å². The molecule has 0 atom stereocenters. The molecular weight excluding hydrogens is 470 g/mol. The molecule has 196 valence electrons. The van der Waals surface area contributed by atoms with Gasteiger partial charge in [-0.15, -0.1) is 0 Å². The molecule has 1 aliphatic heterocycles. The molecule has 1 heterocycles. The lowest BCUT2D eigenvalue weighted by Crippen LogP contribution is -2.46. The monoisotopic (exact) mass is 505 g/mol. The minimum absolute atomic E-state index is 0.0580. The number of hydrogen-bond donors (Lipinski definition) is 2. The van der Waals surface area contributed by atoms with E-state index < -0.39 is 0 Å². The lowest BCUT2D eigenvalue weighted by molar-refractivity contribution is -0.385. The van der Waals surface area contributed by atoms with Crippen molar-refractivity contribution in [1.82, 2.24) is 5.32 Å². The Labute approximate surface area is 218 Å². The normalized spacial score (nSPS) is 20.2. The summed E-state index contributed by atoms with van der Waals surface area (Å²) < 4.78 is 5.92. The van der Waals surface area contributed by atoms with Crippen LogP contribution in [0.2, 0.25) is 0 Å². The van der Waals surface area contributed by atoms with Gasteiger partial charge in [0.1, 0.15) is 6.61 Å². The number of rotatable bonds is 8. The zero-order chi connectivity index (χ0) is 26.4. The molecular formula is C28H35N5O4. The average Bonchev–Trinajstić information content (AvgIpc) is 2.88. The molecule has 2 aromatic rings. The van der Waals surface area contributed by atoms with Crippen LogP contribution in [0, 0.1) is 30.5 Å². The maximum Gasteiger partial charge on any atom is 0.272 e. The first kappa shape index (κ1) is 26.4. The predicted molar refractivity (Wildman–Crippen MR) is 144 cm³/mol. The number of amides is 1. The van der Waals surface area contributed by atoms with E-state index in [2.05, 4.69) is 26.4 Å². The second-order valence-corrected chi connectivity index (χ2v) is 10.1. The van der Waals surface area contributed by atoms with Crippen molar-refractivity contribution in [2.45, 2.75) is 70.6 Å². The van der Waals surface area contributed by atoms with E-state index in [-0.39, 0.29) is 35.3 Å². The fourth-order valence-corrected chi connectivity index (χ4v) is 5.27. The smallest absolute Gasteiger partial charge is 0.272 e. The van der Waals surface area contributed by atoms with Crippen LogP contribution < -0.4 is 15.5 Å². The van der Waals surface area contributed by atoms with Gasteiger partial charge in [0.25, 0.3) is 5.69 Å². The van der Waals surface area contributed by atoms with E-state index in [1.54, 1.807) is 19.1 Å². The summed E-state index contributed by atoms with van der Waals surface area (Å²) in [4.78, 5) is 29.0. The number of piperidine rings is 1. The molecule has 0 bridgehead atoms. The highest BCUT2D eigenvalue weighted by atomic mass is 16.6. The minimum Gasteiger partial charge on any atom is -0.382 e. The van der Waals surface area contributed by atoms with Crippen molar-refractivity contribution in [2.75, 3.05) is 29.9 Å². The summed E-state index contributed by atoms with van der Waals surface area (Å²) in [6.07, 6.45) is 5.45. The molecule has 4 rings (SSSR count). The van der Waals surface area contributed by atoms with Crippen molar-refractivity contribution in [3.05, 3.63) is 69.1 Å². The van der Waals surface area contributed by atoms with Gasteiger partial charge in [0.15, 0.2) is 5.69 Å². The SMILES string of the molecule is [C-]#[N+]c1ccc(N2CCC(NC(=O)COC3CCC(Nc4ccc([N+](=O)[O-])c(C)c4)CC3)CC2)cc1C. The first-order chi connectivity index (χ1) is 17.8. The van der Waals surface area contributed by atoms with Crippen molar-refractivity contribution in [2.24, 2.45) is 0 Å². The number of hydrogen-bond acceptors (Lipinski definition) is 6. The Morgan fingerprint density at radius 3 is 2.41 bits per heavy atom. The fraction of sp³-hybridized carbons (Fsp3) is 0.500. The molecule has 1 aliphatic carbocycles. The first-order valence-corrected chi connectivity index (χ1v) is 13.0. The molecule has 2 fully saturated rings. The molecule has 0 aromatic heterocycles. The molecule has 1 saturated heterocycles. The third kappa shape index (κ3) is 6.98. The molecule has 1 saturated carbocycles. The number of nitro groups is 1. The van der Waals surface area contributed by atoms with E-state index in [0.29, 0.717) is 17.3 Å². The van der Waals surface area contributed by atoms with Crippen LogP contribution in [0.1, 0.15) is 49.7 Å². The highest BCUT2D eigenvalue weighted by molar-refractivity contribution is 5.77. The van der Waals surface area contributed by atoms with E-state index in [0.717, 1.165) is 68.6 Å². The summed E-state index contributed by atoms with van der Waals surface area (Å²) in [5.74, 6) is -0.0580. The summed E-state index contributed by atoms with van der Waals surface area (Å²) in [7, 11) is 0. The molecule has 1 amide bonds. The van der Waals surface area contributed by atoms with Gasteiger partial charge in [0.2, 0.25) is 5.91 Å². The topological polar surface area (TPSA) is 101 Å². The van der Waals surface area contributed by atoms with Crippen molar-refractivity contribution in [3.8, 4) is 0 Å². The van der Waals surface area contributed by atoms with Gasteiger partial charge in [-0.1, -0.05) is 6.07 Å². The van der Waals surface area contributed by atoms with E-state index in [4.69, 9.17) is 11.3 Å². The number of anilines is 2. The maximum absolute atomic E-state index is 12.5. The molecule has 2 aliphatic rings. The summed E-state index contributed by atoms with van der Waals surface area (Å²) in [6.45, 7) is 12.7. The predicted octanol–water partition coefficient (Wildman–Crippen LogP) is 5.29. The average molecular weight is 506 g/mol. The number of carbonyl (C=O) groups excluding carboxylic acids is 1. The number of benzene rings is 2. The Morgan fingerprint density at radius 2 is 1.78 bits per heavy atom. The van der Waals surface area contributed by atoms with Crippen LogP contribution in [-0.4, -0.2) is 48.7 Å². The van der Waals surface area contributed by atoms with Gasteiger partial charge < -0.3 is 20.3 Å². The zero-order valence-corrected chi connectivity index (χ0v) is 21.5. The molecule has 0 unspecified atom stereocenters. The first-order valence-electron chi connectivity index (χ1n) is 13.0. The Hall–Kier alpha value is -3.64. The number of nitrogens with zero attached hydrogens (tertiary/aromatic N) is 3.